The van der Waals surface area contributed by atoms with E-state index >= 15 is 0 Å². The minimum atomic E-state index is 0.533. The molecule has 2 rings (SSSR count). The summed E-state index contributed by atoms with van der Waals surface area (Å²) in [5.41, 5.74) is 4.97. The quantitative estimate of drug-likeness (QED) is 0.810. The Morgan fingerprint density at radius 3 is 2.48 bits per heavy atom. The monoisotopic (exact) mass is 283 g/mol. The Hall–Kier alpha value is -1.96. The van der Waals surface area contributed by atoms with Crippen molar-refractivity contribution in [2.75, 3.05) is 11.9 Å². The van der Waals surface area contributed by atoms with Crippen molar-refractivity contribution in [1.82, 2.24) is 0 Å². The number of rotatable bonds is 6. The number of benzene rings is 2. The number of nitrogens with one attached hydrogen (secondary N) is 1. The van der Waals surface area contributed by atoms with E-state index in [0.717, 1.165) is 24.6 Å². The van der Waals surface area contributed by atoms with Crippen molar-refractivity contribution in [3.63, 3.8) is 0 Å². The highest BCUT2D eigenvalue weighted by molar-refractivity contribution is 5.49. The van der Waals surface area contributed by atoms with E-state index in [-0.39, 0.29) is 0 Å². The van der Waals surface area contributed by atoms with Gasteiger partial charge in [0.2, 0.25) is 0 Å². The maximum Gasteiger partial charge on any atom is 0.124 e. The SMILES string of the molecule is Cc1ccc(NCc2ccccc2OCC(C)C)cc1C. The Kier molecular flexibility index (Phi) is 5.26. The first-order valence-electron chi connectivity index (χ1n) is 7.58. The van der Waals surface area contributed by atoms with E-state index in [2.05, 4.69) is 63.3 Å². The van der Waals surface area contributed by atoms with Crippen LogP contribution in [0.1, 0.15) is 30.5 Å². The van der Waals surface area contributed by atoms with E-state index in [1.807, 2.05) is 12.1 Å². The molecule has 112 valence electrons. The van der Waals surface area contributed by atoms with Crippen molar-refractivity contribution in [2.24, 2.45) is 5.92 Å². The minimum Gasteiger partial charge on any atom is -0.493 e. The first-order valence-corrected chi connectivity index (χ1v) is 7.58. The lowest BCUT2D eigenvalue weighted by atomic mass is 10.1. The van der Waals surface area contributed by atoms with E-state index in [0.29, 0.717) is 5.92 Å². The molecule has 2 nitrogen and oxygen atoms in total. The zero-order chi connectivity index (χ0) is 15.2. The van der Waals surface area contributed by atoms with Gasteiger partial charge in [-0.15, -0.1) is 0 Å². The highest BCUT2D eigenvalue weighted by atomic mass is 16.5. The van der Waals surface area contributed by atoms with E-state index in [9.17, 15) is 0 Å². The lowest BCUT2D eigenvalue weighted by Gasteiger charge is -2.14. The first kappa shape index (κ1) is 15.4. The Morgan fingerprint density at radius 1 is 1.00 bits per heavy atom. The third-order valence-electron chi connectivity index (χ3n) is 3.53. The second kappa shape index (κ2) is 7.16. The van der Waals surface area contributed by atoms with Gasteiger partial charge in [0.15, 0.2) is 0 Å². The Morgan fingerprint density at radius 2 is 1.76 bits per heavy atom. The molecule has 2 aromatic carbocycles. The fraction of sp³-hybridized carbons (Fsp3) is 0.368. The van der Waals surface area contributed by atoms with Gasteiger partial charge >= 0.3 is 0 Å². The molecule has 0 amide bonds. The van der Waals surface area contributed by atoms with E-state index in [1.54, 1.807) is 0 Å². The van der Waals surface area contributed by atoms with Gasteiger partial charge < -0.3 is 10.1 Å². The average Bonchev–Trinajstić information content (AvgIpc) is 2.47. The number of hydrogen-bond donors (Lipinski definition) is 1. The smallest absolute Gasteiger partial charge is 0.124 e. The van der Waals surface area contributed by atoms with Gasteiger partial charge in [0, 0.05) is 17.8 Å². The topological polar surface area (TPSA) is 21.3 Å². The van der Waals surface area contributed by atoms with Crippen LogP contribution in [0.3, 0.4) is 0 Å². The van der Waals surface area contributed by atoms with Gasteiger partial charge in [-0.1, -0.05) is 38.1 Å². The molecule has 2 heteroatoms. The van der Waals surface area contributed by atoms with E-state index < -0.39 is 0 Å². The van der Waals surface area contributed by atoms with Gasteiger partial charge in [-0.3, -0.25) is 0 Å². The molecule has 0 unspecified atom stereocenters. The molecule has 0 bridgehead atoms. The second-order valence-electron chi connectivity index (χ2n) is 5.97. The summed E-state index contributed by atoms with van der Waals surface area (Å²) in [6, 6.07) is 14.7. The van der Waals surface area contributed by atoms with Gasteiger partial charge in [0.25, 0.3) is 0 Å². The maximum absolute atomic E-state index is 5.89. The summed E-state index contributed by atoms with van der Waals surface area (Å²) >= 11 is 0. The Labute approximate surface area is 128 Å². The minimum absolute atomic E-state index is 0.533. The van der Waals surface area contributed by atoms with Crippen molar-refractivity contribution in [2.45, 2.75) is 34.2 Å². The maximum atomic E-state index is 5.89. The Balaban J connectivity index is 2.03. The number of para-hydroxylation sites is 1. The largest absolute Gasteiger partial charge is 0.493 e. The van der Waals surface area contributed by atoms with Crippen molar-refractivity contribution < 1.29 is 4.74 Å². The first-order chi connectivity index (χ1) is 10.1. The molecule has 21 heavy (non-hydrogen) atoms. The van der Waals surface area contributed by atoms with Crippen LogP contribution in [0.5, 0.6) is 5.75 Å². The molecule has 0 aliphatic rings. The van der Waals surface area contributed by atoms with E-state index in [1.165, 1.54) is 16.7 Å². The predicted molar refractivity (Wildman–Crippen MR) is 90.0 cm³/mol. The van der Waals surface area contributed by atoms with Crippen LogP contribution in [0, 0.1) is 19.8 Å². The van der Waals surface area contributed by atoms with E-state index in [4.69, 9.17) is 4.74 Å². The molecular weight excluding hydrogens is 258 g/mol. The lowest BCUT2D eigenvalue weighted by Crippen LogP contribution is -2.08. The Bertz CT molecular complexity index is 590. The predicted octanol–water partition coefficient (Wildman–Crippen LogP) is 4.95. The molecule has 2 aromatic rings. The standard InChI is InChI=1S/C19H25NO/c1-14(2)13-21-19-8-6-5-7-17(19)12-20-18-10-9-15(3)16(4)11-18/h5-11,14,20H,12-13H2,1-4H3. The highest BCUT2D eigenvalue weighted by Crippen LogP contribution is 2.21. The third-order valence-corrected chi connectivity index (χ3v) is 3.53. The van der Waals surface area contributed by atoms with Crippen LogP contribution in [-0.2, 0) is 6.54 Å². The number of anilines is 1. The molecule has 0 aliphatic carbocycles. The molecule has 0 fully saturated rings. The van der Waals surface area contributed by atoms with Crippen LogP contribution >= 0.6 is 0 Å². The highest BCUT2D eigenvalue weighted by Gasteiger charge is 2.04. The van der Waals surface area contributed by atoms with Crippen LogP contribution in [0.25, 0.3) is 0 Å². The summed E-state index contributed by atoms with van der Waals surface area (Å²) in [6.07, 6.45) is 0. The summed E-state index contributed by atoms with van der Waals surface area (Å²) < 4.78 is 5.89. The third kappa shape index (κ3) is 4.52. The van der Waals surface area contributed by atoms with Gasteiger partial charge in [-0.25, -0.2) is 0 Å². The summed E-state index contributed by atoms with van der Waals surface area (Å²) in [6.45, 7) is 10.1. The second-order valence-corrected chi connectivity index (χ2v) is 5.97. The molecule has 0 atom stereocenters. The van der Waals surface area contributed by atoms with Gasteiger partial charge in [-0.2, -0.15) is 0 Å². The summed E-state index contributed by atoms with van der Waals surface area (Å²) in [4.78, 5) is 0. The van der Waals surface area contributed by atoms with Gasteiger partial charge in [0.05, 0.1) is 6.61 Å². The molecule has 0 saturated carbocycles. The molecule has 0 heterocycles. The normalized spacial score (nSPS) is 10.7. The molecule has 0 saturated heterocycles. The van der Waals surface area contributed by atoms with Crippen LogP contribution in [-0.4, -0.2) is 6.61 Å². The number of aryl methyl sites for hydroxylation is 2. The molecule has 1 N–H and O–H groups in total. The molecular formula is C19H25NO. The molecule has 0 radical (unpaired) electrons. The summed E-state index contributed by atoms with van der Waals surface area (Å²) in [5, 5.41) is 3.48. The van der Waals surface area contributed by atoms with Crippen LogP contribution < -0.4 is 10.1 Å². The average molecular weight is 283 g/mol. The van der Waals surface area contributed by atoms with Crippen molar-refractivity contribution >= 4 is 5.69 Å². The summed E-state index contributed by atoms with van der Waals surface area (Å²) in [7, 11) is 0. The van der Waals surface area contributed by atoms with Crippen molar-refractivity contribution in [3.8, 4) is 5.75 Å². The fourth-order valence-corrected chi connectivity index (χ4v) is 2.10. The van der Waals surface area contributed by atoms with Crippen LogP contribution in [0.4, 0.5) is 5.69 Å². The number of hydrogen-bond acceptors (Lipinski definition) is 2. The van der Waals surface area contributed by atoms with Gasteiger partial charge in [0.1, 0.15) is 5.75 Å². The van der Waals surface area contributed by atoms with Gasteiger partial charge in [-0.05, 0) is 49.1 Å². The molecule has 0 aliphatic heterocycles. The zero-order valence-electron chi connectivity index (χ0n) is 13.4. The van der Waals surface area contributed by atoms with Crippen molar-refractivity contribution in [1.29, 1.82) is 0 Å². The molecule has 0 spiro atoms. The zero-order valence-corrected chi connectivity index (χ0v) is 13.4. The van der Waals surface area contributed by atoms with Crippen LogP contribution in [0.2, 0.25) is 0 Å². The van der Waals surface area contributed by atoms with Crippen LogP contribution in [0.15, 0.2) is 42.5 Å². The lowest BCUT2D eigenvalue weighted by molar-refractivity contribution is 0.269. The number of ether oxygens (including phenoxy) is 1. The molecule has 0 aromatic heterocycles. The fourth-order valence-electron chi connectivity index (χ4n) is 2.10. The van der Waals surface area contributed by atoms with Crippen molar-refractivity contribution in [3.05, 3.63) is 59.2 Å². The summed E-state index contributed by atoms with van der Waals surface area (Å²) in [5.74, 6) is 1.51.